The van der Waals surface area contributed by atoms with E-state index < -0.39 is 0 Å². The van der Waals surface area contributed by atoms with Crippen molar-refractivity contribution in [1.29, 1.82) is 5.26 Å². The molecule has 0 N–H and O–H groups in total. The van der Waals surface area contributed by atoms with E-state index in [1.807, 2.05) is 48.5 Å². The molecule has 12 nitrogen and oxygen atoms in total. The molecule has 0 amide bonds. The van der Waals surface area contributed by atoms with Gasteiger partial charge in [0.1, 0.15) is 23.3 Å². The number of nitriles is 1. The highest BCUT2D eigenvalue weighted by molar-refractivity contribution is 6.12. The second-order valence-corrected chi connectivity index (χ2v) is 25.1. The molecule has 474 valence electrons. The van der Waals surface area contributed by atoms with Crippen molar-refractivity contribution in [2.45, 2.75) is 0 Å². The van der Waals surface area contributed by atoms with Crippen LogP contribution in [-0.2, 0) is 0 Å². The number of benzene rings is 14. The topological polar surface area (TPSA) is 106 Å². The SMILES string of the molecule is N#Cn1c2ccc(N(c3ccc(-n4c(-c5ccccc5)nc5ccccc54)cc3)c3ccc(-n4c(-c5ccccc5)nc5ccccc54)cc3)cc2c2cc(N(c3ccc(-n4c(-c5ccccc5)nc5ccccc54)cc3)c3ccc(-n4c(-c5ccccc5)nc5ccccc54)cc3)ccc21. The molecule has 5 aromatic heterocycles. The Balaban J connectivity index is 0.771. The van der Waals surface area contributed by atoms with Crippen molar-refractivity contribution in [2.75, 3.05) is 9.80 Å². The first-order valence-electron chi connectivity index (χ1n) is 33.7. The summed E-state index contributed by atoms with van der Waals surface area (Å²) >= 11 is 0. The van der Waals surface area contributed by atoms with Gasteiger partial charge in [0.2, 0.25) is 0 Å². The van der Waals surface area contributed by atoms with Gasteiger partial charge >= 0.3 is 0 Å². The van der Waals surface area contributed by atoms with E-state index in [1.54, 1.807) is 4.57 Å². The fourth-order valence-electron chi connectivity index (χ4n) is 14.6. The van der Waals surface area contributed by atoms with Crippen LogP contribution in [0.2, 0.25) is 0 Å². The number of rotatable bonds is 14. The van der Waals surface area contributed by atoms with Gasteiger partial charge < -0.3 is 9.80 Å². The van der Waals surface area contributed by atoms with Crippen molar-refractivity contribution in [2.24, 2.45) is 0 Å². The third-order valence-electron chi connectivity index (χ3n) is 19.2. The third kappa shape index (κ3) is 9.99. The van der Waals surface area contributed by atoms with E-state index in [1.165, 1.54) is 0 Å². The molecule has 12 heteroatoms. The summed E-state index contributed by atoms with van der Waals surface area (Å²) in [5, 5.41) is 13.0. The summed E-state index contributed by atoms with van der Waals surface area (Å²) in [6, 6.07) is 123. The van der Waals surface area contributed by atoms with E-state index in [-0.39, 0.29) is 0 Å². The number of nitrogens with zero attached hydrogens (tertiary/aromatic N) is 12. The van der Waals surface area contributed by atoms with Crippen molar-refractivity contribution >= 4 is 100 Å². The van der Waals surface area contributed by atoms with Crippen LogP contribution in [-0.4, -0.2) is 42.8 Å². The third-order valence-corrected chi connectivity index (χ3v) is 19.2. The summed E-state index contributed by atoms with van der Waals surface area (Å²) in [5.41, 5.74) is 22.9. The zero-order valence-electron chi connectivity index (χ0n) is 54.4. The number of anilines is 6. The van der Waals surface area contributed by atoms with Crippen molar-refractivity contribution in [3.05, 3.63) is 352 Å². The summed E-state index contributed by atoms with van der Waals surface area (Å²) in [7, 11) is 0. The molecule has 0 spiro atoms. The molecule has 0 aliphatic carbocycles. The number of hydrogen-bond donors (Lipinski definition) is 0. The predicted molar refractivity (Wildman–Crippen MR) is 410 cm³/mol. The van der Waals surface area contributed by atoms with Gasteiger partial charge in [-0.05, 0) is 182 Å². The monoisotopic (exact) mass is 1290 g/mol. The van der Waals surface area contributed by atoms with Crippen molar-refractivity contribution in [3.63, 3.8) is 0 Å². The molecular weight excluding hydrogens is 1240 g/mol. The summed E-state index contributed by atoms with van der Waals surface area (Å²) < 4.78 is 10.7. The molecular formula is C89H58N12. The van der Waals surface area contributed by atoms with Gasteiger partial charge in [0.05, 0.1) is 55.2 Å². The molecule has 19 aromatic rings. The van der Waals surface area contributed by atoms with Crippen LogP contribution < -0.4 is 9.80 Å². The Labute approximate surface area is 580 Å². The highest BCUT2D eigenvalue weighted by atomic mass is 15.2. The Morgan fingerprint density at radius 3 is 0.703 bits per heavy atom. The molecule has 101 heavy (non-hydrogen) atoms. The van der Waals surface area contributed by atoms with Gasteiger partial charge in [-0.2, -0.15) is 5.26 Å². The lowest BCUT2D eigenvalue weighted by atomic mass is 10.1. The molecule has 0 radical (unpaired) electrons. The maximum Gasteiger partial charge on any atom is 0.189 e. The minimum Gasteiger partial charge on any atom is -0.310 e. The molecule has 19 rings (SSSR count). The molecule has 0 aliphatic heterocycles. The summed E-state index contributed by atoms with van der Waals surface area (Å²) in [4.78, 5) is 25.3. The summed E-state index contributed by atoms with van der Waals surface area (Å²) in [6.07, 6.45) is 2.57. The van der Waals surface area contributed by atoms with E-state index in [2.05, 4.69) is 338 Å². The van der Waals surface area contributed by atoms with E-state index in [4.69, 9.17) is 19.9 Å². The number of hydrogen-bond acceptors (Lipinski definition) is 7. The van der Waals surface area contributed by atoms with E-state index in [9.17, 15) is 5.26 Å². The summed E-state index contributed by atoms with van der Waals surface area (Å²) in [5.74, 6) is 3.45. The van der Waals surface area contributed by atoms with Gasteiger partial charge in [-0.25, -0.2) is 24.5 Å². The zero-order valence-corrected chi connectivity index (χ0v) is 54.4. The van der Waals surface area contributed by atoms with Crippen LogP contribution >= 0.6 is 0 Å². The molecule has 0 bridgehead atoms. The van der Waals surface area contributed by atoms with Crippen LogP contribution in [0.3, 0.4) is 0 Å². The molecule has 0 saturated carbocycles. The van der Waals surface area contributed by atoms with E-state index in [0.717, 1.165) is 168 Å². The predicted octanol–water partition coefficient (Wildman–Crippen LogP) is 22.1. The van der Waals surface area contributed by atoms with Gasteiger partial charge in [-0.3, -0.25) is 18.3 Å². The van der Waals surface area contributed by atoms with Gasteiger partial charge in [0, 0.05) is 89.9 Å². The Hall–Kier alpha value is -14.2. The second kappa shape index (κ2) is 24.2. The number of imidazole rings is 4. The van der Waals surface area contributed by atoms with Crippen LogP contribution in [0.15, 0.2) is 352 Å². The normalized spacial score (nSPS) is 11.6. The number of aromatic nitrogens is 9. The Kier molecular flexibility index (Phi) is 13.9. The first kappa shape index (κ1) is 58.2. The highest BCUT2D eigenvalue weighted by Crippen LogP contribution is 2.45. The summed E-state index contributed by atoms with van der Waals surface area (Å²) in [6.45, 7) is 0. The number of fused-ring (bicyclic) bond motifs is 7. The lowest BCUT2D eigenvalue weighted by molar-refractivity contribution is 1.10. The van der Waals surface area contributed by atoms with Gasteiger partial charge in [0.15, 0.2) is 6.19 Å². The Morgan fingerprint density at radius 2 is 0.455 bits per heavy atom. The van der Waals surface area contributed by atoms with Crippen LogP contribution in [0, 0.1) is 11.5 Å². The molecule has 0 aliphatic rings. The molecule has 0 unspecified atom stereocenters. The quantitative estimate of drug-likeness (QED) is 0.107. The van der Waals surface area contributed by atoms with Crippen molar-refractivity contribution < 1.29 is 0 Å². The molecule has 5 heterocycles. The zero-order chi connectivity index (χ0) is 66.9. The first-order valence-corrected chi connectivity index (χ1v) is 33.7. The standard InChI is InChI=1S/C89H58N12/c90-59-95-80-55-53-72(96(64-37-45-68(46-38-64)98-82-33-17-13-29-76(82)91-86(98)60-21-5-1-6-22-60)65-39-47-69(48-40-65)99-83-34-18-14-30-77(83)92-87(99)61-23-7-2-8-24-61)57-74(80)75-58-73(54-56-81(75)95)97(66-41-49-70(50-42-66)100-84-35-19-15-31-78(84)93-88(100)62-25-9-3-10-26-62)67-43-51-71(52-44-67)101-85-36-20-16-32-79(85)94-89(101)63-27-11-4-12-28-63/h1-58H. The highest BCUT2D eigenvalue weighted by Gasteiger charge is 2.24. The van der Waals surface area contributed by atoms with Crippen molar-refractivity contribution in [1.82, 2.24) is 42.8 Å². The second-order valence-electron chi connectivity index (χ2n) is 25.1. The van der Waals surface area contributed by atoms with E-state index in [0.29, 0.717) is 0 Å². The first-order chi connectivity index (χ1) is 50.0. The lowest BCUT2D eigenvalue weighted by Crippen LogP contribution is -2.11. The fourth-order valence-corrected chi connectivity index (χ4v) is 14.6. The van der Waals surface area contributed by atoms with Gasteiger partial charge in [-0.15, -0.1) is 0 Å². The Morgan fingerprint density at radius 1 is 0.228 bits per heavy atom. The molecule has 0 fully saturated rings. The van der Waals surface area contributed by atoms with Crippen LogP contribution in [0.5, 0.6) is 0 Å². The lowest BCUT2D eigenvalue weighted by Gasteiger charge is -2.27. The maximum absolute atomic E-state index is 11.2. The smallest absolute Gasteiger partial charge is 0.189 e. The van der Waals surface area contributed by atoms with Gasteiger partial charge in [0.25, 0.3) is 0 Å². The van der Waals surface area contributed by atoms with Crippen LogP contribution in [0.1, 0.15) is 0 Å². The Bertz CT molecular complexity index is 5660. The maximum atomic E-state index is 11.2. The number of para-hydroxylation sites is 8. The minimum absolute atomic E-state index is 0.790. The molecule has 14 aromatic carbocycles. The minimum atomic E-state index is 0.790. The largest absolute Gasteiger partial charge is 0.310 e. The molecule has 0 atom stereocenters. The van der Waals surface area contributed by atoms with E-state index >= 15 is 0 Å². The van der Waals surface area contributed by atoms with Crippen LogP contribution in [0.4, 0.5) is 34.1 Å². The molecule has 0 saturated heterocycles. The van der Waals surface area contributed by atoms with Gasteiger partial charge in [-0.1, -0.05) is 170 Å². The van der Waals surface area contributed by atoms with Crippen molar-refractivity contribution in [3.8, 4) is 74.5 Å². The average Bonchev–Trinajstić information content (AvgIpc) is 1.72. The fraction of sp³-hybridized carbons (Fsp3) is 0. The van der Waals surface area contributed by atoms with Crippen LogP contribution in [0.25, 0.3) is 134 Å². The average molecular weight is 1300 g/mol.